The zero-order valence-electron chi connectivity index (χ0n) is 14.7. The van der Waals surface area contributed by atoms with E-state index in [9.17, 15) is 0 Å². The highest BCUT2D eigenvalue weighted by Crippen LogP contribution is 2.19. The fraction of sp³-hybridized carbons (Fsp3) is 0.500. The van der Waals surface area contributed by atoms with Crippen LogP contribution in [0.2, 0.25) is 0 Å². The zero-order valence-corrected chi connectivity index (χ0v) is 14.7. The topological polar surface area (TPSA) is 61.0 Å². The second-order valence-electron chi connectivity index (χ2n) is 6.28. The first-order valence-corrected chi connectivity index (χ1v) is 9.11. The molecule has 0 amide bonds. The smallest absolute Gasteiger partial charge is 0.159 e. The van der Waals surface area contributed by atoms with E-state index in [2.05, 4.69) is 21.7 Å². The lowest BCUT2D eigenvalue weighted by molar-refractivity contribution is 0.334. The number of nitrogens with two attached hydrogens (primary N) is 1. The third kappa shape index (κ3) is 6.28. The van der Waals surface area contributed by atoms with Gasteiger partial charge in [0.1, 0.15) is 5.75 Å². The van der Waals surface area contributed by atoms with Crippen molar-refractivity contribution in [1.82, 2.24) is 9.97 Å². The first-order chi connectivity index (χ1) is 11.8. The summed E-state index contributed by atoms with van der Waals surface area (Å²) in [6, 6.07) is 7.45. The van der Waals surface area contributed by atoms with Crippen molar-refractivity contribution in [3.8, 4) is 17.1 Å². The highest BCUT2D eigenvalue weighted by atomic mass is 16.6. The SMILES string of the molecule is CCCCCCCCCCc1cnc(-c2ccc(ON)cc2)nc1. The summed E-state index contributed by atoms with van der Waals surface area (Å²) in [7, 11) is 0. The molecule has 130 valence electrons. The summed E-state index contributed by atoms with van der Waals surface area (Å²) in [5, 5.41) is 0. The average Bonchev–Trinajstić information content (AvgIpc) is 2.64. The molecule has 0 spiro atoms. The first-order valence-electron chi connectivity index (χ1n) is 9.11. The summed E-state index contributed by atoms with van der Waals surface area (Å²) in [5.41, 5.74) is 2.18. The van der Waals surface area contributed by atoms with E-state index in [-0.39, 0.29) is 0 Å². The Morgan fingerprint density at radius 3 is 2.00 bits per heavy atom. The summed E-state index contributed by atoms with van der Waals surface area (Å²) >= 11 is 0. The van der Waals surface area contributed by atoms with Crippen LogP contribution >= 0.6 is 0 Å². The molecule has 0 bridgehead atoms. The van der Waals surface area contributed by atoms with Crippen molar-refractivity contribution in [3.05, 3.63) is 42.2 Å². The summed E-state index contributed by atoms with van der Waals surface area (Å²) < 4.78 is 0. The highest BCUT2D eigenvalue weighted by Gasteiger charge is 2.02. The Kier molecular flexibility index (Phi) is 8.25. The second-order valence-corrected chi connectivity index (χ2v) is 6.28. The van der Waals surface area contributed by atoms with Gasteiger partial charge in [-0.1, -0.05) is 51.9 Å². The predicted molar refractivity (Wildman–Crippen MR) is 98.6 cm³/mol. The number of unbranched alkanes of at least 4 members (excludes halogenated alkanes) is 7. The van der Waals surface area contributed by atoms with Crippen LogP contribution in [0.4, 0.5) is 0 Å². The summed E-state index contributed by atoms with van der Waals surface area (Å²) in [6.07, 6.45) is 15.7. The molecule has 0 aliphatic carbocycles. The number of hydrogen-bond donors (Lipinski definition) is 1. The van der Waals surface area contributed by atoms with Gasteiger partial charge in [0.15, 0.2) is 5.82 Å². The molecule has 0 aliphatic rings. The van der Waals surface area contributed by atoms with E-state index in [0.717, 1.165) is 17.8 Å². The lowest BCUT2D eigenvalue weighted by Gasteiger charge is -2.04. The summed E-state index contributed by atoms with van der Waals surface area (Å²) in [6.45, 7) is 2.26. The van der Waals surface area contributed by atoms with Gasteiger partial charge in [-0.2, -0.15) is 5.90 Å². The van der Waals surface area contributed by atoms with Crippen LogP contribution in [-0.4, -0.2) is 9.97 Å². The van der Waals surface area contributed by atoms with Gasteiger partial charge in [-0.05, 0) is 42.7 Å². The largest absolute Gasteiger partial charge is 0.412 e. The van der Waals surface area contributed by atoms with Gasteiger partial charge in [-0.15, -0.1) is 0 Å². The van der Waals surface area contributed by atoms with Crippen molar-refractivity contribution < 1.29 is 4.84 Å². The summed E-state index contributed by atoms with van der Waals surface area (Å²) in [5.74, 6) is 6.49. The van der Waals surface area contributed by atoms with Crippen molar-refractivity contribution in [1.29, 1.82) is 0 Å². The summed E-state index contributed by atoms with van der Waals surface area (Å²) in [4.78, 5) is 13.6. The van der Waals surface area contributed by atoms with Gasteiger partial charge in [0.25, 0.3) is 0 Å². The van der Waals surface area contributed by atoms with E-state index in [0.29, 0.717) is 5.75 Å². The zero-order chi connectivity index (χ0) is 17.0. The fourth-order valence-electron chi connectivity index (χ4n) is 2.78. The molecule has 0 radical (unpaired) electrons. The molecule has 0 aliphatic heterocycles. The molecule has 4 heteroatoms. The van der Waals surface area contributed by atoms with Crippen LogP contribution in [0, 0.1) is 0 Å². The maximum absolute atomic E-state index is 5.13. The Balaban J connectivity index is 1.70. The number of benzene rings is 1. The van der Waals surface area contributed by atoms with Gasteiger partial charge >= 0.3 is 0 Å². The van der Waals surface area contributed by atoms with Crippen molar-refractivity contribution >= 4 is 0 Å². The Morgan fingerprint density at radius 2 is 1.42 bits per heavy atom. The molecule has 2 rings (SSSR count). The molecule has 0 saturated heterocycles. The fourth-order valence-corrected chi connectivity index (χ4v) is 2.78. The van der Waals surface area contributed by atoms with Crippen molar-refractivity contribution in [2.45, 2.75) is 64.7 Å². The van der Waals surface area contributed by atoms with Crippen LogP contribution in [0.25, 0.3) is 11.4 Å². The van der Waals surface area contributed by atoms with Crippen LogP contribution in [0.1, 0.15) is 63.9 Å². The maximum atomic E-state index is 5.13. The van der Waals surface area contributed by atoms with Gasteiger partial charge in [-0.25, -0.2) is 9.97 Å². The van der Waals surface area contributed by atoms with E-state index in [4.69, 9.17) is 5.90 Å². The molecule has 0 fully saturated rings. The Bertz CT molecular complexity index is 566. The molecule has 1 aromatic heterocycles. The molecule has 0 atom stereocenters. The number of hydrogen-bond acceptors (Lipinski definition) is 4. The van der Waals surface area contributed by atoms with Crippen LogP contribution < -0.4 is 10.7 Å². The van der Waals surface area contributed by atoms with E-state index < -0.39 is 0 Å². The third-order valence-corrected chi connectivity index (χ3v) is 4.27. The molecule has 4 nitrogen and oxygen atoms in total. The first kappa shape index (κ1) is 18.4. The second kappa shape index (κ2) is 10.8. The molecule has 1 heterocycles. The quantitative estimate of drug-likeness (QED) is 0.462. The monoisotopic (exact) mass is 327 g/mol. The Morgan fingerprint density at radius 1 is 0.833 bits per heavy atom. The van der Waals surface area contributed by atoms with E-state index in [1.54, 1.807) is 0 Å². The highest BCUT2D eigenvalue weighted by molar-refractivity contribution is 5.55. The van der Waals surface area contributed by atoms with Gasteiger partial charge < -0.3 is 4.84 Å². The molecule has 24 heavy (non-hydrogen) atoms. The molecule has 0 unspecified atom stereocenters. The van der Waals surface area contributed by atoms with Gasteiger partial charge in [0.2, 0.25) is 0 Å². The number of aryl methyl sites for hydroxylation is 1. The van der Waals surface area contributed by atoms with Crippen molar-refractivity contribution in [3.63, 3.8) is 0 Å². The minimum Gasteiger partial charge on any atom is -0.412 e. The minimum absolute atomic E-state index is 0.630. The lowest BCUT2D eigenvalue weighted by Crippen LogP contribution is -2.01. The number of nitrogens with zero attached hydrogens (tertiary/aromatic N) is 2. The maximum Gasteiger partial charge on any atom is 0.159 e. The molecule has 2 aromatic rings. The van der Waals surface area contributed by atoms with Crippen molar-refractivity contribution in [2.75, 3.05) is 0 Å². The van der Waals surface area contributed by atoms with Gasteiger partial charge in [-0.3, -0.25) is 0 Å². The minimum atomic E-state index is 0.630. The third-order valence-electron chi connectivity index (χ3n) is 4.27. The van der Waals surface area contributed by atoms with Gasteiger partial charge in [0.05, 0.1) is 0 Å². The Labute approximate surface area is 145 Å². The molecule has 2 N–H and O–H groups in total. The average molecular weight is 327 g/mol. The molecular weight excluding hydrogens is 298 g/mol. The van der Waals surface area contributed by atoms with Crippen LogP contribution in [-0.2, 0) is 6.42 Å². The van der Waals surface area contributed by atoms with Crippen molar-refractivity contribution in [2.24, 2.45) is 5.90 Å². The van der Waals surface area contributed by atoms with E-state index in [1.165, 1.54) is 56.9 Å². The standard InChI is InChI=1S/C20H29N3O/c1-2-3-4-5-6-7-8-9-10-17-15-22-20(23-16-17)18-11-13-19(24-21)14-12-18/h11-16H,2-10,21H2,1H3. The van der Waals surface area contributed by atoms with Crippen LogP contribution in [0.5, 0.6) is 5.75 Å². The number of aromatic nitrogens is 2. The normalized spacial score (nSPS) is 10.8. The van der Waals surface area contributed by atoms with Gasteiger partial charge in [0, 0.05) is 18.0 Å². The van der Waals surface area contributed by atoms with Crippen LogP contribution in [0.15, 0.2) is 36.7 Å². The Hall–Kier alpha value is -1.94. The lowest BCUT2D eigenvalue weighted by atomic mass is 10.1. The van der Waals surface area contributed by atoms with Crippen LogP contribution in [0.3, 0.4) is 0 Å². The predicted octanol–water partition coefficient (Wildman–Crippen LogP) is 5.08. The van der Waals surface area contributed by atoms with E-state index in [1.807, 2.05) is 36.7 Å². The van der Waals surface area contributed by atoms with E-state index >= 15 is 0 Å². The molecule has 1 aromatic carbocycles. The molecular formula is C20H29N3O. The molecule has 0 saturated carbocycles. The number of rotatable bonds is 11.